The molecule has 0 aliphatic rings. The van der Waals surface area contributed by atoms with Gasteiger partial charge in [0.1, 0.15) is 0 Å². The molecule has 1 unspecified atom stereocenters. The highest BCUT2D eigenvalue weighted by atomic mass is 14.9. The summed E-state index contributed by atoms with van der Waals surface area (Å²) in [6, 6.07) is 9.35. The largest absolute Gasteiger partial charge is 0.330 e. The van der Waals surface area contributed by atoms with E-state index < -0.39 is 0 Å². The maximum atomic E-state index is 5.84. The normalized spacial score (nSPS) is 14.5. The molecule has 0 heterocycles. The summed E-state index contributed by atoms with van der Waals surface area (Å²) in [5, 5.41) is 3.41. The molecule has 1 rings (SSSR count). The fourth-order valence-corrected chi connectivity index (χ4v) is 2.24. The molecule has 1 atom stereocenters. The van der Waals surface area contributed by atoms with Gasteiger partial charge in [0.15, 0.2) is 0 Å². The van der Waals surface area contributed by atoms with Crippen LogP contribution in [-0.2, 0) is 5.41 Å². The van der Waals surface area contributed by atoms with Crippen LogP contribution in [0.4, 0.5) is 0 Å². The van der Waals surface area contributed by atoms with Crippen LogP contribution in [0.25, 0.3) is 0 Å². The summed E-state index contributed by atoms with van der Waals surface area (Å²) in [6.07, 6.45) is 1.05. The predicted molar refractivity (Wildman–Crippen MR) is 84.4 cm³/mol. The van der Waals surface area contributed by atoms with E-state index in [0.29, 0.717) is 12.6 Å². The number of nitrogens with two attached hydrogens (primary N) is 1. The van der Waals surface area contributed by atoms with Gasteiger partial charge in [-0.2, -0.15) is 0 Å². The number of nitrogens with one attached hydrogen (secondary N) is 1. The Morgan fingerprint density at radius 1 is 1.05 bits per heavy atom. The summed E-state index contributed by atoms with van der Waals surface area (Å²) in [5.74, 6) is 0. The lowest BCUT2D eigenvalue weighted by molar-refractivity contribution is 0.299. The minimum Gasteiger partial charge on any atom is -0.330 e. The van der Waals surface area contributed by atoms with Gasteiger partial charge in [-0.05, 0) is 42.0 Å². The molecule has 108 valence electrons. The molecule has 1 aromatic rings. The van der Waals surface area contributed by atoms with Crippen molar-refractivity contribution < 1.29 is 0 Å². The predicted octanol–water partition coefficient (Wildman–Crippen LogP) is 3.62. The van der Waals surface area contributed by atoms with Gasteiger partial charge in [0.2, 0.25) is 0 Å². The lowest BCUT2D eigenvalue weighted by Crippen LogP contribution is -2.30. The molecule has 0 spiro atoms. The Hall–Kier alpha value is -0.860. The molecule has 0 radical (unpaired) electrons. The smallest absolute Gasteiger partial charge is 0.0323 e. The molecule has 0 aromatic heterocycles. The van der Waals surface area contributed by atoms with Crippen LogP contribution in [0.2, 0.25) is 0 Å². The summed E-state index contributed by atoms with van der Waals surface area (Å²) in [7, 11) is 2.02. The number of hydrogen-bond donors (Lipinski definition) is 2. The molecule has 0 amide bonds. The van der Waals surface area contributed by atoms with Crippen molar-refractivity contribution in [2.45, 2.75) is 52.5 Å². The lowest BCUT2D eigenvalue weighted by Gasteiger charge is -2.29. The zero-order valence-corrected chi connectivity index (χ0v) is 13.4. The van der Waals surface area contributed by atoms with Crippen LogP contribution in [0.3, 0.4) is 0 Å². The van der Waals surface area contributed by atoms with Crippen molar-refractivity contribution in [2.75, 3.05) is 13.6 Å². The van der Waals surface area contributed by atoms with Crippen molar-refractivity contribution in [2.24, 2.45) is 11.1 Å². The molecular weight excluding hydrogens is 232 g/mol. The average Bonchev–Trinajstić information content (AvgIpc) is 2.35. The maximum Gasteiger partial charge on any atom is 0.0323 e. The molecule has 0 bridgehead atoms. The van der Waals surface area contributed by atoms with Gasteiger partial charge in [0.25, 0.3) is 0 Å². The Kier molecular flexibility index (Phi) is 5.17. The molecular formula is C17H30N2. The molecule has 19 heavy (non-hydrogen) atoms. The second-order valence-corrected chi connectivity index (χ2v) is 7.29. The highest BCUT2D eigenvalue weighted by Crippen LogP contribution is 2.30. The van der Waals surface area contributed by atoms with Gasteiger partial charge < -0.3 is 11.1 Å². The Labute approximate surface area is 118 Å². The molecule has 0 aliphatic heterocycles. The summed E-state index contributed by atoms with van der Waals surface area (Å²) < 4.78 is 0. The van der Waals surface area contributed by atoms with E-state index in [1.54, 1.807) is 0 Å². The third kappa shape index (κ3) is 4.63. The van der Waals surface area contributed by atoms with Gasteiger partial charge >= 0.3 is 0 Å². The maximum absolute atomic E-state index is 5.84. The second-order valence-electron chi connectivity index (χ2n) is 7.29. The Balaban J connectivity index is 2.89. The van der Waals surface area contributed by atoms with Crippen LogP contribution >= 0.6 is 0 Å². The van der Waals surface area contributed by atoms with Gasteiger partial charge in [-0.3, -0.25) is 0 Å². The molecule has 0 aliphatic carbocycles. The summed E-state index contributed by atoms with van der Waals surface area (Å²) in [4.78, 5) is 0. The van der Waals surface area contributed by atoms with E-state index >= 15 is 0 Å². The van der Waals surface area contributed by atoms with Crippen molar-refractivity contribution >= 4 is 0 Å². The average molecular weight is 262 g/mol. The van der Waals surface area contributed by atoms with E-state index in [0.717, 1.165) is 6.42 Å². The van der Waals surface area contributed by atoms with Gasteiger partial charge in [-0.1, -0.05) is 58.9 Å². The van der Waals surface area contributed by atoms with Gasteiger partial charge in [0, 0.05) is 6.04 Å². The second kappa shape index (κ2) is 6.06. The van der Waals surface area contributed by atoms with E-state index in [4.69, 9.17) is 5.73 Å². The van der Waals surface area contributed by atoms with E-state index in [2.05, 4.69) is 64.2 Å². The highest BCUT2D eigenvalue weighted by Gasteiger charge is 2.22. The minimum atomic E-state index is 0.163. The monoisotopic (exact) mass is 262 g/mol. The third-order valence-electron chi connectivity index (χ3n) is 3.84. The first-order valence-corrected chi connectivity index (χ1v) is 7.17. The number of benzene rings is 1. The van der Waals surface area contributed by atoms with Crippen LogP contribution in [0, 0.1) is 5.41 Å². The first kappa shape index (κ1) is 16.2. The molecule has 0 fully saturated rings. The molecule has 2 nitrogen and oxygen atoms in total. The van der Waals surface area contributed by atoms with E-state index in [-0.39, 0.29) is 10.8 Å². The Morgan fingerprint density at radius 3 is 1.95 bits per heavy atom. The fourth-order valence-electron chi connectivity index (χ4n) is 2.24. The van der Waals surface area contributed by atoms with E-state index in [1.807, 2.05) is 7.05 Å². The van der Waals surface area contributed by atoms with E-state index in [9.17, 15) is 0 Å². The zero-order valence-electron chi connectivity index (χ0n) is 13.4. The molecule has 0 saturated heterocycles. The molecule has 0 saturated carbocycles. The van der Waals surface area contributed by atoms with Crippen molar-refractivity contribution in [3.63, 3.8) is 0 Å². The SMILES string of the molecule is CNC(CC(C)(C)CN)c1ccc(C(C)(C)C)cc1. The molecule has 1 aromatic carbocycles. The van der Waals surface area contributed by atoms with Gasteiger partial charge in [0.05, 0.1) is 0 Å². The number of rotatable bonds is 5. The third-order valence-corrected chi connectivity index (χ3v) is 3.84. The lowest BCUT2D eigenvalue weighted by atomic mass is 9.82. The summed E-state index contributed by atoms with van der Waals surface area (Å²) in [6.45, 7) is 11.9. The Bertz CT molecular complexity index is 385. The van der Waals surface area contributed by atoms with Crippen LogP contribution in [0.15, 0.2) is 24.3 Å². The summed E-state index contributed by atoms with van der Waals surface area (Å²) in [5.41, 5.74) is 8.94. The fraction of sp³-hybridized carbons (Fsp3) is 0.647. The van der Waals surface area contributed by atoms with Crippen LogP contribution < -0.4 is 11.1 Å². The van der Waals surface area contributed by atoms with Gasteiger partial charge in [-0.25, -0.2) is 0 Å². The zero-order chi connectivity index (χ0) is 14.7. The van der Waals surface area contributed by atoms with Crippen LogP contribution in [-0.4, -0.2) is 13.6 Å². The van der Waals surface area contributed by atoms with Crippen LogP contribution in [0.5, 0.6) is 0 Å². The van der Waals surface area contributed by atoms with Crippen molar-refractivity contribution in [1.82, 2.24) is 5.32 Å². The summed E-state index contributed by atoms with van der Waals surface area (Å²) >= 11 is 0. The molecule has 2 heteroatoms. The molecule has 3 N–H and O–H groups in total. The first-order chi connectivity index (χ1) is 8.69. The van der Waals surface area contributed by atoms with Crippen molar-refractivity contribution in [1.29, 1.82) is 0 Å². The van der Waals surface area contributed by atoms with Crippen molar-refractivity contribution in [3.05, 3.63) is 35.4 Å². The quantitative estimate of drug-likeness (QED) is 0.850. The highest BCUT2D eigenvalue weighted by molar-refractivity contribution is 5.29. The van der Waals surface area contributed by atoms with Crippen LogP contribution in [0.1, 0.15) is 58.2 Å². The minimum absolute atomic E-state index is 0.163. The topological polar surface area (TPSA) is 38.0 Å². The van der Waals surface area contributed by atoms with Gasteiger partial charge in [-0.15, -0.1) is 0 Å². The van der Waals surface area contributed by atoms with E-state index in [1.165, 1.54) is 11.1 Å². The first-order valence-electron chi connectivity index (χ1n) is 7.17. The van der Waals surface area contributed by atoms with Crippen molar-refractivity contribution in [3.8, 4) is 0 Å². The number of hydrogen-bond acceptors (Lipinski definition) is 2. The standard InChI is InChI=1S/C17H30N2/c1-16(2,3)14-9-7-13(8-10-14)15(19-6)11-17(4,5)12-18/h7-10,15,19H,11-12,18H2,1-6H3. The Morgan fingerprint density at radius 2 is 1.58 bits per heavy atom.